The third-order valence-corrected chi connectivity index (χ3v) is 11.6. The lowest BCUT2D eigenvalue weighted by molar-refractivity contribution is -0.134. The number of hydrogen-bond donors (Lipinski definition) is 1. The molecule has 5 nitrogen and oxygen atoms in total. The molecule has 6 rings (SSSR count). The van der Waals surface area contributed by atoms with Crippen LogP contribution >= 0.6 is 0 Å². The molecule has 0 aliphatic heterocycles. The Labute approximate surface area is 210 Å². The zero-order valence-electron chi connectivity index (χ0n) is 21.8. The summed E-state index contributed by atoms with van der Waals surface area (Å²) in [7, 11) is 0. The third kappa shape index (κ3) is 3.64. The van der Waals surface area contributed by atoms with Crippen molar-refractivity contribution in [2.45, 2.75) is 91.0 Å². The van der Waals surface area contributed by atoms with Crippen molar-refractivity contribution in [1.29, 1.82) is 5.26 Å². The number of Topliss-reactive ketones (excluding diaryl/α,β-unsaturated/α-hetero) is 1. The second-order valence-corrected chi connectivity index (χ2v) is 13.1. The zero-order valence-corrected chi connectivity index (χ0v) is 21.8. The molecule has 5 saturated carbocycles. The van der Waals surface area contributed by atoms with Crippen LogP contribution in [0.15, 0.2) is 6.20 Å². The fraction of sp³-hybridized carbons (Fsp3) is 0.833. The van der Waals surface area contributed by atoms with Crippen molar-refractivity contribution in [2.24, 2.45) is 58.7 Å². The van der Waals surface area contributed by atoms with E-state index in [4.69, 9.17) is 5.10 Å². The van der Waals surface area contributed by atoms with Crippen molar-refractivity contribution < 1.29 is 9.90 Å². The van der Waals surface area contributed by atoms with Crippen LogP contribution in [0.1, 0.15) is 95.7 Å². The highest BCUT2D eigenvalue weighted by Gasteiger charge is 2.73. The molecule has 1 N–H and O–H groups in total. The van der Waals surface area contributed by atoms with Gasteiger partial charge in [0.1, 0.15) is 6.07 Å². The fourth-order valence-corrected chi connectivity index (χ4v) is 10.0. The molecule has 35 heavy (non-hydrogen) atoms. The number of aliphatic hydroxyl groups excluding tert-OH is 1. The van der Waals surface area contributed by atoms with Gasteiger partial charge in [0.25, 0.3) is 0 Å². The Balaban J connectivity index is 1.24. The molecule has 0 amide bonds. The number of aliphatic hydroxyl groups is 1. The summed E-state index contributed by atoms with van der Waals surface area (Å²) in [4.78, 5) is 13.9. The summed E-state index contributed by atoms with van der Waals surface area (Å²) in [6.07, 6.45) is 12.5. The van der Waals surface area contributed by atoms with Gasteiger partial charge in [0.15, 0.2) is 5.78 Å². The summed E-state index contributed by atoms with van der Waals surface area (Å²) < 4.78 is 1.79. The van der Waals surface area contributed by atoms with E-state index < -0.39 is 0 Å². The van der Waals surface area contributed by atoms with Gasteiger partial charge < -0.3 is 5.11 Å². The van der Waals surface area contributed by atoms with Crippen molar-refractivity contribution in [2.75, 3.05) is 6.61 Å². The molecule has 1 aromatic rings. The summed E-state index contributed by atoms with van der Waals surface area (Å²) in [5.74, 6) is 6.65. The molecular formula is C30H43N3O2. The minimum atomic E-state index is 0.116. The lowest BCUT2D eigenvalue weighted by Gasteiger charge is -2.56. The lowest BCUT2D eigenvalue weighted by Crippen LogP contribution is -2.51. The first-order valence-electron chi connectivity index (χ1n) is 14.5. The van der Waals surface area contributed by atoms with Crippen molar-refractivity contribution in [3.05, 3.63) is 17.5 Å². The summed E-state index contributed by atoms with van der Waals surface area (Å²) in [6.45, 7) is 7.85. The predicted molar refractivity (Wildman–Crippen MR) is 134 cm³/mol. The molecule has 5 aliphatic rings. The molecule has 0 radical (unpaired) electrons. The molecular weight excluding hydrogens is 434 g/mol. The number of carbonyl (C=O) groups is 1. The number of nitriles is 1. The van der Waals surface area contributed by atoms with Gasteiger partial charge in [-0.05, 0) is 104 Å². The van der Waals surface area contributed by atoms with E-state index in [1.807, 2.05) is 6.20 Å². The predicted octanol–water partition coefficient (Wildman–Crippen LogP) is 5.57. The number of ketones is 1. The number of aromatic nitrogens is 2. The first kappa shape index (κ1) is 23.7. The molecule has 5 heteroatoms. The van der Waals surface area contributed by atoms with E-state index in [0.717, 1.165) is 48.6 Å². The molecule has 0 spiro atoms. The van der Waals surface area contributed by atoms with Gasteiger partial charge in [-0.15, -0.1) is 0 Å². The van der Waals surface area contributed by atoms with Crippen LogP contribution in [0, 0.1) is 70.0 Å². The summed E-state index contributed by atoms with van der Waals surface area (Å²) >= 11 is 0. The molecule has 5 aliphatic carbocycles. The third-order valence-electron chi connectivity index (χ3n) is 11.6. The minimum absolute atomic E-state index is 0.116. The molecule has 1 heterocycles. The van der Waals surface area contributed by atoms with Crippen LogP contribution in [0.25, 0.3) is 0 Å². The number of carbonyl (C=O) groups excluding carboxylic acids is 1. The number of nitrogens with zero attached hydrogens (tertiary/aromatic N) is 3. The lowest BCUT2D eigenvalue weighted by atomic mass is 9.49. The van der Waals surface area contributed by atoms with Gasteiger partial charge in [0.05, 0.1) is 17.8 Å². The van der Waals surface area contributed by atoms with Gasteiger partial charge in [-0.2, -0.15) is 10.4 Å². The van der Waals surface area contributed by atoms with Gasteiger partial charge in [-0.3, -0.25) is 9.48 Å². The normalized spacial score (nSPS) is 43.7. The average molecular weight is 478 g/mol. The van der Waals surface area contributed by atoms with Gasteiger partial charge in [0, 0.05) is 24.6 Å². The highest BCUT2D eigenvalue weighted by molar-refractivity contribution is 5.83. The SMILES string of the molecule is CC[C@H]1CC[C@@H]2[C@H](CC[C@]3(C)[C@@H](C(=O)Cn4cc(C#N)c(C5CC5)n4)C4C([C@@H]4C)[C@@H]23)[C@H]1CCCO. The van der Waals surface area contributed by atoms with Crippen LogP contribution in [0.3, 0.4) is 0 Å². The highest BCUT2D eigenvalue weighted by atomic mass is 16.2. The van der Waals surface area contributed by atoms with Crippen molar-refractivity contribution in [3.8, 4) is 6.07 Å². The maximum Gasteiger partial charge on any atom is 0.158 e. The first-order valence-corrected chi connectivity index (χ1v) is 14.5. The largest absolute Gasteiger partial charge is 0.396 e. The fourth-order valence-electron chi connectivity index (χ4n) is 10.0. The minimum Gasteiger partial charge on any atom is -0.396 e. The maximum atomic E-state index is 13.9. The molecule has 0 aromatic carbocycles. The summed E-state index contributed by atoms with van der Waals surface area (Å²) in [5, 5.41) is 23.8. The van der Waals surface area contributed by atoms with Crippen LogP contribution < -0.4 is 0 Å². The molecule has 2 unspecified atom stereocenters. The molecule has 190 valence electrons. The van der Waals surface area contributed by atoms with Crippen molar-refractivity contribution in [1.82, 2.24) is 9.78 Å². The Hall–Kier alpha value is -1.67. The number of rotatable bonds is 8. The molecule has 10 atom stereocenters. The van der Waals surface area contributed by atoms with Gasteiger partial charge >= 0.3 is 0 Å². The zero-order chi connectivity index (χ0) is 24.5. The van der Waals surface area contributed by atoms with Crippen LogP contribution in [-0.2, 0) is 11.3 Å². The van der Waals surface area contributed by atoms with Crippen LogP contribution in [-0.4, -0.2) is 27.3 Å². The number of fused-ring (bicyclic) bond motifs is 5. The number of hydrogen-bond acceptors (Lipinski definition) is 4. The van der Waals surface area contributed by atoms with Crippen LogP contribution in [0.5, 0.6) is 0 Å². The second-order valence-electron chi connectivity index (χ2n) is 13.1. The van der Waals surface area contributed by atoms with E-state index >= 15 is 0 Å². The Morgan fingerprint density at radius 3 is 2.71 bits per heavy atom. The highest BCUT2D eigenvalue weighted by Crippen LogP contribution is 2.76. The van der Waals surface area contributed by atoms with E-state index in [9.17, 15) is 15.2 Å². The van der Waals surface area contributed by atoms with Crippen LogP contribution in [0.2, 0.25) is 0 Å². The molecule has 5 fully saturated rings. The second kappa shape index (κ2) is 8.72. The monoisotopic (exact) mass is 477 g/mol. The Morgan fingerprint density at radius 2 is 2.03 bits per heavy atom. The van der Waals surface area contributed by atoms with Crippen molar-refractivity contribution >= 4 is 5.78 Å². The Morgan fingerprint density at radius 1 is 1.23 bits per heavy atom. The van der Waals surface area contributed by atoms with Crippen LogP contribution in [0.4, 0.5) is 0 Å². The Bertz CT molecular complexity index is 1020. The van der Waals surface area contributed by atoms with Crippen molar-refractivity contribution in [3.63, 3.8) is 0 Å². The van der Waals surface area contributed by atoms with E-state index in [0.29, 0.717) is 54.1 Å². The quantitative estimate of drug-likeness (QED) is 0.531. The topological polar surface area (TPSA) is 78.9 Å². The van der Waals surface area contributed by atoms with Gasteiger partial charge in [-0.25, -0.2) is 0 Å². The molecule has 1 aromatic heterocycles. The van der Waals surface area contributed by atoms with E-state index in [2.05, 4.69) is 26.8 Å². The van der Waals surface area contributed by atoms with E-state index in [-0.39, 0.29) is 11.3 Å². The maximum absolute atomic E-state index is 13.9. The van der Waals surface area contributed by atoms with Gasteiger partial charge in [0.2, 0.25) is 0 Å². The first-order chi connectivity index (χ1) is 16.9. The molecule has 0 saturated heterocycles. The van der Waals surface area contributed by atoms with Gasteiger partial charge in [-0.1, -0.05) is 27.2 Å². The summed E-state index contributed by atoms with van der Waals surface area (Å²) in [5.41, 5.74) is 1.69. The standard InChI is InChI=1S/C30H43N3O2/c1-4-18-9-10-23-22(21(18)6-5-13-34)11-12-30(3)27(23)25-17(2)26(25)28(30)24(35)16-33-15-20(14-31)29(32-33)19-7-8-19/h15,17-19,21-23,25-28,34H,4-13,16H2,1-3H3/t17-,18-,21-,22+,23+,25?,26?,27+,28-,30-/m0/s1. The smallest absolute Gasteiger partial charge is 0.158 e. The van der Waals surface area contributed by atoms with E-state index in [1.54, 1.807) is 4.68 Å². The summed E-state index contributed by atoms with van der Waals surface area (Å²) in [6, 6.07) is 2.30. The molecule has 0 bridgehead atoms. The average Bonchev–Trinajstić information content (AvgIpc) is 3.73. The van der Waals surface area contributed by atoms with E-state index in [1.165, 1.54) is 38.5 Å². The Kier molecular flexibility index (Phi) is 5.91.